The molecule has 0 unspecified atom stereocenters. The molecular formula is C30H27Br2NO4. The Bertz CT molecular complexity index is 1350. The molecule has 0 fully saturated rings. The maximum Gasteiger partial charge on any atom is 0.340 e. The maximum atomic E-state index is 13.7. The van der Waals surface area contributed by atoms with E-state index in [-0.39, 0.29) is 13.2 Å². The summed E-state index contributed by atoms with van der Waals surface area (Å²) in [6, 6.07) is 25.4. The number of halogens is 2. The highest BCUT2D eigenvalue weighted by atomic mass is 79.9. The second-order valence-corrected chi connectivity index (χ2v) is 10.2. The standard InChI is InChI=1S/C30H27Br2NO4/c1-4-36-28(34)25-19-26(29(35)37-5-2)30(21-9-7-6-8-10-21,22-13-17-24(32)18-14-22)33(3)27(25)20-11-15-23(31)16-12-20/h6-19H,4-5H2,1-3H3/t30-/m1/s1. The van der Waals surface area contributed by atoms with Gasteiger partial charge >= 0.3 is 11.9 Å². The average Bonchev–Trinajstić information content (AvgIpc) is 2.90. The molecular weight excluding hydrogens is 598 g/mol. The molecule has 37 heavy (non-hydrogen) atoms. The van der Waals surface area contributed by atoms with Crippen LogP contribution in [0.1, 0.15) is 30.5 Å². The van der Waals surface area contributed by atoms with Crippen molar-refractivity contribution in [1.82, 2.24) is 4.90 Å². The van der Waals surface area contributed by atoms with Crippen LogP contribution >= 0.6 is 31.9 Å². The van der Waals surface area contributed by atoms with Gasteiger partial charge in [-0.3, -0.25) is 0 Å². The number of carbonyl (C=O) groups is 2. The minimum atomic E-state index is -1.09. The molecule has 0 saturated heterocycles. The van der Waals surface area contributed by atoms with Crippen LogP contribution in [-0.4, -0.2) is 37.1 Å². The lowest BCUT2D eigenvalue weighted by atomic mass is 9.72. The van der Waals surface area contributed by atoms with E-state index < -0.39 is 17.5 Å². The minimum Gasteiger partial charge on any atom is -0.463 e. The van der Waals surface area contributed by atoms with Gasteiger partial charge in [-0.2, -0.15) is 0 Å². The molecule has 3 aromatic rings. The smallest absolute Gasteiger partial charge is 0.340 e. The third-order valence-corrected chi connectivity index (χ3v) is 7.39. The molecule has 1 aliphatic rings. The van der Waals surface area contributed by atoms with Gasteiger partial charge in [-0.25, -0.2) is 9.59 Å². The fraction of sp³-hybridized carbons (Fsp3) is 0.200. The summed E-state index contributed by atoms with van der Waals surface area (Å²) in [7, 11) is 1.90. The number of benzene rings is 3. The molecule has 0 radical (unpaired) electrons. The van der Waals surface area contributed by atoms with Crippen LogP contribution < -0.4 is 0 Å². The highest BCUT2D eigenvalue weighted by Gasteiger charge is 2.50. The van der Waals surface area contributed by atoms with Crippen LogP contribution in [0.2, 0.25) is 0 Å². The molecule has 4 rings (SSSR count). The third kappa shape index (κ3) is 5.03. The zero-order valence-corrected chi connectivity index (χ0v) is 24.0. The highest BCUT2D eigenvalue weighted by molar-refractivity contribution is 9.10. The van der Waals surface area contributed by atoms with Crippen molar-refractivity contribution in [2.75, 3.05) is 20.3 Å². The number of hydrogen-bond donors (Lipinski definition) is 0. The second-order valence-electron chi connectivity index (χ2n) is 8.41. The number of nitrogens with zero attached hydrogens (tertiary/aromatic N) is 1. The van der Waals surface area contributed by atoms with Crippen LogP contribution in [0.25, 0.3) is 5.70 Å². The van der Waals surface area contributed by atoms with Crippen molar-refractivity contribution in [3.05, 3.63) is 122 Å². The van der Waals surface area contributed by atoms with Crippen molar-refractivity contribution >= 4 is 49.5 Å². The lowest BCUT2D eigenvalue weighted by Crippen LogP contribution is -2.50. The highest BCUT2D eigenvalue weighted by Crippen LogP contribution is 2.50. The van der Waals surface area contributed by atoms with E-state index in [4.69, 9.17) is 9.47 Å². The van der Waals surface area contributed by atoms with E-state index in [1.165, 1.54) is 0 Å². The molecule has 0 saturated carbocycles. The number of ether oxygens (including phenoxy) is 2. The molecule has 1 atom stereocenters. The van der Waals surface area contributed by atoms with Crippen LogP contribution in [0.5, 0.6) is 0 Å². The SMILES string of the molecule is CCOC(=O)C1=CC(C(=O)OCC)=C(c2ccc(Br)cc2)N(C)[C@]1(c1ccccc1)c1ccc(Br)cc1. The summed E-state index contributed by atoms with van der Waals surface area (Å²) in [5.74, 6) is -1.01. The quantitative estimate of drug-likeness (QED) is 0.269. The molecule has 1 heterocycles. The van der Waals surface area contributed by atoms with Crippen molar-refractivity contribution in [3.8, 4) is 0 Å². The summed E-state index contributed by atoms with van der Waals surface area (Å²) in [4.78, 5) is 29.0. The third-order valence-electron chi connectivity index (χ3n) is 6.33. The molecule has 0 bridgehead atoms. The van der Waals surface area contributed by atoms with E-state index in [0.717, 1.165) is 25.6 Å². The average molecular weight is 625 g/mol. The predicted octanol–water partition coefficient (Wildman–Crippen LogP) is 6.86. The maximum absolute atomic E-state index is 13.7. The Balaban J connectivity index is 2.14. The number of rotatable bonds is 7. The van der Waals surface area contributed by atoms with Crippen LogP contribution in [0.3, 0.4) is 0 Å². The first-order valence-corrected chi connectivity index (χ1v) is 13.5. The van der Waals surface area contributed by atoms with E-state index in [9.17, 15) is 9.59 Å². The Hall–Kier alpha value is -3.16. The summed E-state index contributed by atoms with van der Waals surface area (Å²) in [5.41, 5.74) is 2.69. The Morgan fingerprint density at radius 1 is 0.757 bits per heavy atom. The first-order valence-electron chi connectivity index (χ1n) is 12.0. The van der Waals surface area contributed by atoms with Gasteiger partial charge in [0.15, 0.2) is 0 Å². The molecule has 0 amide bonds. The predicted molar refractivity (Wildman–Crippen MR) is 152 cm³/mol. The fourth-order valence-corrected chi connectivity index (χ4v) is 5.35. The fourth-order valence-electron chi connectivity index (χ4n) is 4.82. The van der Waals surface area contributed by atoms with Crippen molar-refractivity contribution in [2.45, 2.75) is 19.4 Å². The lowest BCUT2D eigenvalue weighted by Gasteiger charge is -2.48. The van der Waals surface area contributed by atoms with E-state index >= 15 is 0 Å². The largest absolute Gasteiger partial charge is 0.463 e. The van der Waals surface area contributed by atoms with Crippen LogP contribution in [0.15, 0.2) is 105 Å². The Labute approximate surface area is 234 Å². The molecule has 0 N–H and O–H groups in total. The lowest BCUT2D eigenvalue weighted by molar-refractivity contribution is -0.139. The van der Waals surface area contributed by atoms with E-state index in [2.05, 4.69) is 31.9 Å². The summed E-state index contributed by atoms with van der Waals surface area (Å²) in [5, 5.41) is 0. The van der Waals surface area contributed by atoms with Crippen LogP contribution in [0.4, 0.5) is 0 Å². The van der Waals surface area contributed by atoms with Crippen molar-refractivity contribution in [2.24, 2.45) is 0 Å². The second kappa shape index (κ2) is 11.5. The Morgan fingerprint density at radius 2 is 1.27 bits per heavy atom. The summed E-state index contributed by atoms with van der Waals surface area (Å²) in [6.45, 7) is 3.93. The zero-order valence-electron chi connectivity index (χ0n) is 20.8. The van der Waals surface area contributed by atoms with Gasteiger partial charge in [0.1, 0.15) is 5.54 Å². The first-order chi connectivity index (χ1) is 17.8. The summed E-state index contributed by atoms with van der Waals surface area (Å²) < 4.78 is 12.9. The monoisotopic (exact) mass is 623 g/mol. The van der Waals surface area contributed by atoms with Crippen molar-refractivity contribution in [1.29, 1.82) is 0 Å². The van der Waals surface area contributed by atoms with Gasteiger partial charge in [0.05, 0.1) is 30.1 Å². The number of esters is 2. The van der Waals surface area contributed by atoms with E-state index in [1.807, 2.05) is 90.8 Å². The molecule has 1 aliphatic heterocycles. The van der Waals surface area contributed by atoms with Crippen molar-refractivity contribution in [3.63, 3.8) is 0 Å². The summed E-state index contributed by atoms with van der Waals surface area (Å²) in [6.07, 6.45) is 1.64. The van der Waals surface area contributed by atoms with Gasteiger partial charge in [-0.05, 0) is 60.9 Å². The van der Waals surface area contributed by atoms with Gasteiger partial charge < -0.3 is 14.4 Å². The van der Waals surface area contributed by atoms with Gasteiger partial charge in [0.25, 0.3) is 0 Å². The number of hydrogen-bond acceptors (Lipinski definition) is 5. The van der Waals surface area contributed by atoms with Gasteiger partial charge in [0, 0.05) is 16.0 Å². The molecule has 0 spiro atoms. The number of likely N-dealkylation sites (N-methyl/N-ethyl adjacent to an activating group) is 1. The van der Waals surface area contributed by atoms with E-state index in [0.29, 0.717) is 16.8 Å². The number of carbonyl (C=O) groups excluding carboxylic acids is 2. The molecule has 5 nitrogen and oxygen atoms in total. The normalized spacial score (nSPS) is 17.3. The minimum absolute atomic E-state index is 0.198. The van der Waals surface area contributed by atoms with Crippen LogP contribution in [0, 0.1) is 0 Å². The molecule has 0 aromatic heterocycles. The zero-order chi connectivity index (χ0) is 26.6. The molecule has 7 heteroatoms. The topological polar surface area (TPSA) is 55.8 Å². The molecule has 190 valence electrons. The van der Waals surface area contributed by atoms with Gasteiger partial charge in [-0.1, -0.05) is 86.5 Å². The molecule has 0 aliphatic carbocycles. The van der Waals surface area contributed by atoms with Crippen molar-refractivity contribution < 1.29 is 19.1 Å². The summed E-state index contributed by atoms with van der Waals surface area (Å²) >= 11 is 7.04. The Morgan fingerprint density at radius 3 is 1.84 bits per heavy atom. The van der Waals surface area contributed by atoms with E-state index in [1.54, 1.807) is 19.9 Å². The molecule has 3 aromatic carbocycles. The first kappa shape index (κ1) is 26.9. The van der Waals surface area contributed by atoms with Crippen LogP contribution in [-0.2, 0) is 24.6 Å². The van der Waals surface area contributed by atoms with Gasteiger partial charge in [-0.15, -0.1) is 0 Å². The van der Waals surface area contributed by atoms with Gasteiger partial charge in [0.2, 0.25) is 0 Å². The Kier molecular flexibility index (Phi) is 8.35.